The van der Waals surface area contributed by atoms with Crippen LogP contribution in [0, 0.1) is 10.1 Å². The van der Waals surface area contributed by atoms with Gasteiger partial charge in [-0.2, -0.15) is 0 Å². The molecule has 42 heavy (non-hydrogen) atoms. The van der Waals surface area contributed by atoms with Crippen LogP contribution in [0.2, 0.25) is 0 Å². The van der Waals surface area contributed by atoms with E-state index < -0.39 is 6.29 Å². The maximum Gasteiger partial charge on any atom is 0.319 e. The number of benzene rings is 3. The molecule has 0 radical (unpaired) electrons. The van der Waals surface area contributed by atoms with Gasteiger partial charge in [-0.05, 0) is 42.3 Å². The number of hydrogen-bond acceptors (Lipinski definition) is 8. The number of hydrogen-bond donors (Lipinski definition) is 3. The minimum Gasteiger partial charge on any atom is -0.392 e. The Kier molecular flexibility index (Phi) is 9.65. The van der Waals surface area contributed by atoms with E-state index in [1.807, 2.05) is 67.6 Å². The SMILES string of the molecule is CCNC(=O)Nc1cccc([C@H]2O[C@@H](CN3CCN(c4ccc([N+](=O)[O-])cc4)CC3)C[C@@H](c3ccc(CO)cc3)O2)c1. The molecule has 3 atom stereocenters. The van der Waals surface area contributed by atoms with E-state index in [-0.39, 0.29) is 35.5 Å². The number of aliphatic hydroxyl groups excluding tert-OH is 1. The Hall–Kier alpha value is -4.03. The number of piperazine rings is 1. The average molecular weight is 576 g/mol. The Morgan fingerprint density at radius 2 is 1.74 bits per heavy atom. The summed E-state index contributed by atoms with van der Waals surface area (Å²) in [5.41, 5.74) is 4.40. The van der Waals surface area contributed by atoms with Crippen LogP contribution in [0.4, 0.5) is 21.9 Å². The summed E-state index contributed by atoms with van der Waals surface area (Å²) < 4.78 is 13.0. The number of aliphatic hydroxyl groups is 1. The van der Waals surface area contributed by atoms with E-state index in [2.05, 4.69) is 20.4 Å². The second-order valence-corrected chi connectivity index (χ2v) is 10.5. The highest BCUT2D eigenvalue weighted by molar-refractivity contribution is 5.89. The van der Waals surface area contributed by atoms with Crippen molar-refractivity contribution in [3.8, 4) is 0 Å². The fourth-order valence-corrected chi connectivity index (χ4v) is 5.39. The number of anilines is 2. The van der Waals surface area contributed by atoms with E-state index >= 15 is 0 Å². The van der Waals surface area contributed by atoms with Crippen LogP contribution < -0.4 is 15.5 Å². The lowest BCUT2D eigenvalue weighted by Gasteiger charge is -2.41. The van der Waals surface area contributed by atoms with E-state index in [0.29, 0.717) is 18.7 Å². The summed E-state index contributed by atoms with van der Waals surface area (Å²) in [5.74, 6) is 0. The Morgan fingerprint density at radius 3 is 2.40 bits per heavy atom. The molecule has 5 rings (SSSR count). The highest BCUT2D eigenvalue weighted by Crippen LogP contribution is 2.39. The van der Waals surface area contributed by atoms with Gasteiger partial charge in [0.05, 0.1) is 23.7 Å². The molecule has 11 nitrogen and oxygen atoms in total. The Bertz CT molecular complexity index is 1340. The van der Waals surface area contributed by atoms with Crippen molar-refractivity contribution in [1.29, 1.82) is 0 Å². The molecule has 2 aliphatic heterocycles. The zero-order valence-electron chi connectivity index (χ0n) is 23.6. The van der Waals surface area contributed by atoms with Crippen LogP contribution in [0.3, 0.4) is 0 Å². The molecule has 2 saturated heterocycles. The highest BCUT2D eigenvalue weighted by atomic mass is 16.7. The van der Waals surface area contributed by atoms with E-state index in [9.17, 15) is 20.0 Å². The van der Waals surface area contributed by atoms with Gasteiger partial charge >= 0.3 is 6.03 Å². The molecular weight excluding hydrogens is 538 g/mol. The fraction of sp³-hybridized carbons (Fsp3) is 0.387. The zero-order valence-corrected chi connectivity index (χ0v) is 23.6. The molecule has 0 aromatic heterocycles. The number of nitrogens with one attached hydrogen (secondary N) is 2. The van der Waals surface area contributed by atoms with Gasteiger partial charge in [0.15, 0.2) is 6.29 Å². The second kappa shape index (κ2) is 13.8. The Labute approximate surface area is 245 Å². The van der Waals surface area contributed by atoms with Gasteiger partial charge in [-0.3, -0.25) is 15.0 Å². The van der Waals surface area contributed by atoms with Crippen LogP contribution in [0.25, 0.3) is 0 Å². The maximum atomic E-state index is 12.1. The molecule has 3 N–H and O–H groups in total. The molecule has 2 heterocycles. The standard InChI is InChI=1S/C31H37N5O6/c1-2-32-31(38)33-25-5-3-4-24(18-25)30-41-28(19-29(42-30)23-8-6-22(21-37)7-9-23)20-34-14-16-35(17-15-34)26-10-12-27(13-11-26)36(39)40/h3-13,18,28-30,37H,2,14-17,19-21H2,1H3,(H2,32,33,38)/t28-,29+,30+/m1/s1. The van der Waals surface area contributed by atoms with Gasteiger partial charge in [-0.1, -0.05) is 36.4 Å². The van der Waals surface area contributed by atoms with E-state index in [1.54, 1.807) is 12.1 Å². The summed E-state index contributed by atoms with van der Waals surface area (Å²) in [5, 5.41) is 26.1. The van der Waals surface area contributed by atoms with Crippen molar-refractivity contribution >= 4 is 23.1 Å². The van der Waals surface area contributed by atoms with Crippen LogP contribution in [0.5, 0.6) is 0 Å². The summed E-state index contributed by atoms with van der Waals surface area (Å²) in [4.78, 5) is 27.3. The lowest BCUT2D eigenvalue weighted by Crippen LogP contribution is -2.49. The van der Waals surface area contributed by atoms with Crippen LogP contribution in [-0.4, -0.2) is 66.3 Å². The molecule has 2 aliphatic rings. The van der Waals surface area contributed by atoms with E-state index in [0.717, 1.165) is 55.1 Å². The molecule has 0 unspecified atom stereocenters. The minimum absolute atomic E-state index is 0.0165. The summed E-state index contributed by atoms with van der Waals surface area (Å²) in [6.45, 7) is 6.40. The van der Waals surface area contributed by atoms with Gasteiger partial charge < -0.3 is 30.1 Å². The monoisotopic (exact) mass is 575 g/mol. The largest absolute Gasteiger partial charge is 0.392 e. The molecule has 0 spiro atoms. The van der Waals surface area contributed by atoms with E-state index in [4.69, 9.17) is 9.47 Å². The van der Waals surface area contributed by atoms with Crippen LogP contribution in [0.1, 0.15) is 42.4 Å². The van der Waals surface area contributed by atoms with Crippen molar-refractivity contribution in [1.82, 2.24) is 10.2 Å². The first kappa shape index (κ1) is 29.5. The predicted molar refractivity (Wildman–Crippen MR) is 159 cm³/mol. The van der Waals surface area contributed by atoms with Gasteiger partial charge in [-0.15, -0.1) is 0 Å². The Balaban J connectivity index is 1.27. The molecule has 3 aromatic rings. The number of nitro benzene ring substituents is 1. The van der Waals surface area contributed by atoms with Crippen molar-refractivity contribution in [2.45, 2.75) is 38.4 Å². The number of nitro groups is 1. The van der Waals surface area contributed by atoms with Crippen molar-refractivity contribution in [2.75, 3.05) is 49.5 Å². The van der Waals surface area contributed by atoms with Crippen molar-refractivity contribution < 1.29 is 24.3 Å². The van der Waals surface area contributed by atoms with Gasteiger partial charge in [0.2, 0.25) is 0 Å². The normalized spacial score (nSPS) is 21.1. The minimum atomic E-state index is -0.622. The van der Waals surface area contributed by atoms with Gasteiger partial charge in [0.25, 0.3) is 5.69 Å². The lowest BCUT2D eigenvalue weighted by molar-refractivity contribution is -0.384. The third-order valence-electron chi connectivity index (χ3n) is 7.63. The van der Waals surface area contributed by atoms with E-state index in [1.165, 1.54) is 0 Å². The number of nitrogens with zero attached hydrogens (tertiary/aromatic N) is 3. The van der Waals surface area contributed by atoms with Crippen LogP contribution in [0.15, 0.2) is 72.8 Å². The average Bonchev–Trinajstić information content (AvgIpc) is 3.01. The number of urea groups is 1. The van der Waals surface area contributed by atoms with Crippen molar-refractivity contribution in [2.24, 2.45) is 0 Å². The summed E-state index contributed by atoms with van der Waals surface area (Å²) in [7, 11) is 0. The summed E-state index contributed by atoms with van der Waals surface area (Å²) >= 11 is 0. The van der Waals surface area contributed by atoms with Crippen molar-refractivity contribution in [3.63, 3.8) is 0 Å². The summed E-state index contributed by atoms with van der Waals surface area (Å²) in [6.07, 6.45) is -0.252. The highest BCUT2D eigenvalue weighted by Gasteiger charge is 2.34. The third-order valence-corrected chi connectivity index (χ3v) is 7.63. The van der Waals surface area contributed by atoms with Gasteiger partial charge in [0, 0.05) is 74.8 Å². The summed E-state index contributed by atoms with van der Waals surface area (Å²) in [6, 6.07) is 21.7. The molecule has 11 heteroatoms. The first-order valence-electron chi connectivity index (χ1n) is 14.3. The number of rotatable bonds is 9. The Morgan fingerprint density at radius 1 is 1.00 bits per heavy atom. The topological polar surface area (TPSA) is 129 Å². The number of amides is 2. The first-order valence-corrected chi connectivity index (χ1v) is 14.3. The number of ether oxygens (including phenoxy) is 2. The second-order valence-electron chi connectivity index (χ2n) is 10.5. The van der Waals surface area contributed by atoms with Crippen molar-refractivity contribution in [3.05, 3.63) is 99.6 Å². The number of non-ortho nitro benzene ring substituents is 1. The fourth-order valence-electron chi connectivity index (χ4n) is 5.39. The third kappa shape index (κ3) is 7.42. The first-order chi connectivity index (χ1) is 20.4. The molecular formula is C31H37N5O6. The molecule has 0 aliphatic carbocycles. The zero-order chi connectivity index (χ0) is 29.5. The molecule has 0 bridgehead atoms. The molecule has 3 aromatic carbocycles. The van der Waals surface area contributed by atoms with Crippen LogP contribution in [-0.2, 0) is 16.1 Å². The smallest absolute Gasteiger partial charge is 0.319 e. The molecule has 0 saturated carbocycles. The maximum absolute atomic E-state index is 12.1. The quantitative estimate of drug-likeness (QED) is 0.250. The molecule has 222 valence electrons. The van der Waals surface area contributed by atoms with Crippen LogP contribution >= 0.6 is 0 Å². The molecule has 2 fully saturated rings. The number of carbonyl (C=O) groups excluding carboxylic acids is 1. The number of carbonyl (C=O) groups is 1. The lowest BCUT2D eigenvalue weighted by atomic mass is 9.99. The van der Waals surface area contributed by atoms with Gasteiger partial charge in [0.1, 0.15) is 0 Å². The predicted octanol–water partition coefficient (Wildman–Crippen LogP) is 4.60. The molecule has 2 amide bonds. The van der Waals surface area contributed by atoms with Gasteiger partial charge in [-0.25, -0.2) is 4.79 Å².